The van der Waals surface area contributed by atoms with Crippen molar-refractivity contribution in [2.75, 3.05) is 6.54 Å². The second kappa shape index (κ2) is 9.26. The van der Waals surface area contributed by atoms with Crippen molar-refractivity contribution in [2.45, 2.75) is 108 Å². The Bertz CT molecular complexity index is 955. The van der Waals surface area contributed by atoms with Crippen LogP contribution in [0.1, 0.15) is 96.4 Å². The molecule has 0 radical (unpaired) electrons. The minimum atomic E-state index is -1.59. The van der Waals surface area contributed by atoms with Crippen LogP contribution < -0.4 is 0 Å². The zero-order valence-corrected chi connectivity index (χ0v) is 25.5. The number of nitrogens with zero attached hydrogens (tertiary/aromatic N) is 1. The van der Waals surface area contributed by atoms with Gasteiger partial charge in [0.15, 0.2) is 11.4 Å². The van der Waals surface area contributed by atoms with Gasteiger partial charge in [0.25, 0.3) is 0 Å². The second-order valence-electron chi connectivity index (χ2n) is 14.9. The van der Waals surface area contributed by atoms with Gasteiger partial charge in [0.05, 0.1) is 0 Å². The van der Waals surface area contributed by atoms with Crippen molar-refractivity contribution in [3.8, 4) is 0 Å². The zero-order chi connectivity index (χ0) is 28.3. The van der Waals surface area contributed by atoms with E-state index in [2.05, 4.69) is 115 Å². The van der Waals surface area contributed by atoms with Gasteiger partial charge >= 0.3 is 0 Å². The van der Waals surface area contributed by atoms with Crippen molar-refractivity contribution in [3.05, 3.63) is 70.9 Å². The van der Waals surface area contributed by atoms with E-state index in [0.717, 1.165) is 28.7 Å². The summed E-state index contributed by atoms with van der Waals surface area (Å²) in [6.45, 7) is 37.1. The van der Waals surface area contributed by atoms with Crippen LogP contribution in [0.25, 0.3) is 0 Å². The molecule has 0 aliphatic heterocycles. The highest BCUT2D eigenvalue weighted by atomic mass is 16.4. The Labute approximate surface area is 222 Å². The lowest BCUT2D eigenvalue weighted by Crippen LogP contribution is -2.66. The van der Waals surface area contributed by atoms with E-state index in [1.807, 2.05) is 17.1 Å². The molecular formula is C33H53NO2. The maximum absolute atomic E-state index is 12.8. The Morgan fingerprint density at radius 3 is 1.14 bits per heavy atom. The first kappa shape index (κ1) is 30.5. The van der Waals surface area contributed by atoms with Gasteiger partial charge in [0.2, 0.25) is 0 Å². The molecule has 0 saturated heterocycles. The molecule has 0 aromatic carbocycles. The summed E-state index contributed by atoms with van der Waals surface area (Å²) in [5.41, 5.74) is 0.923. The number of hydrogen-bond donors (Lipinski definition) is 2. The molecule has 0 fully saturated rings. The molecule has 0 bridgehead atoms. The van der Waals surface area contributed by atoms with Crippen LogP contribution >= 0.6 is 0 Å². The van der Waals surface area contributed by atoms with Crippen LogP contribution in [0.4, 0.5) is 0 Å². The van der Waals surface area contributed by atoms with Crippen molar-refractivity contribution < 1.29 is 10.2 Å². The predicted molar refractivity (Wildman–Crippen MR) is 155 cm³/mol. The molecule has 0 aromatic rings. The molecule has 0 heterocycles. The molecule has 2 N–H and O–H groups in total. The van der Waals surface area contributed by atoms with Crippen LogP contribution in [0.15, 0.2) is 70.9 Å². The van der Waals surface area contributed by atoms with Gasteiger partial charge in [-0.3, -0.25) is 0 Å². The van der Waals surface area contributed by atoms with Crippen LogP contribution in [0.2, 0.25) is 0 Å². The minimum absolute atomic E-state index is 0.109. The largest absolute Gasteiger partial charge is 0.367 e. The van der Waals surface area contributed by atoms with Gasteiger partial charge < -0.3 is 10.2 Å². The summed E-state index contributed by atoms with van der Waals surface area (Å²) in [5, 5.41) is 25.6. The third-order valence-corrected chi connectivity index (χ3v) is 7.48. The second-order valence-corrected chi connectivity index (χ2v) is 14.9. The molecular weight excluding hydrogens is 442 g/mol. The number of aliphatic hydroxyl groups is 2. The molecule has 3 heteroatoms. The first-order chi connectivity index (χ1) is 15.9. The lowest BCUT2D eigenvalue weighted by molar-refractivity contribution is -0.171. The van der Waals surface area contributed by atoms with Crippen molar-refractivity contribution in [3.63, 3.8) is 0 Å². The molecule has 2 rings (SSSR count). The average Bonchev–Trinajstić information content (AvgIpc) is 2.66. The highest BCUT2D eigenvalue weighted by Crippen LogP contribution is 2.54. The van der Waals surface area contributed by atoms with E-state index in [1.165, 1.54) is 0 Å². The van der Waals surface area contributed by atoms with Gasteiger partial charge in [0.1, 0.15) is 0 Å². The predicted octanol–water partition coefficient (Wildman–Crippen LogP) is 8.11. The van der Waals surface area contributed by atoms with E-state index < -0.39 is 11.4 Å². The topological polar surface area (TPSA) is 43.7 Å². The van der Waals surface area contributed by atoms with Crippen LogP contribution in [0.5, 0.6) is 0 Å². The smallest absolute Gasteiger partial charge is 0.169 e. The molecule has 36 heavy (non-hydrogen) atoms. The fraction of sp³-hybridized carbons (Fsp3) is 0.636. The van der Waals surface area contributed by atoms with Gasteiger partial charge in [-0.15, -0.1) is 0 Å². The molecule has 2 aliphatic rings. The third kappa shape index (κ3) is 5.30. The van der Waals surface area contributed by atoms with Crippen LogP contribution in [-0.4, -0.2) is 33.1 Å². The summed E-state index contributed by atoms with van der Waals surface area (Å²) in [4.78, 5) is 1.85. The van der Waals surface area contributed by atoms with E-state index in [-0.39, 0.29) is 21.7 Å². The van der Waals surface area contributed by atoms with Gasteiger partial charge in [-0.25, -0.2) is 4.90 Å². The van der Waals surface area contributed by atoms with Gasteiger partial charge in [0, 0.05) is 6.54 Å². The summed E-state index contributed by atoms with van der Waals surface area (Å²) in [6, 6.07) is 0. The summed E-state index contributed by atoms with van der Waals surface area (Å²) >= 11 is 0. The van der Waals surface area contributed by atoms with E-state index in [0.29, 0.717) is 17.7 Å². The molecule has 0 saturated carbocycles. The first-order valence-corrected chi connectivity index (χ1v) is 13.4. The zero-order valence-electron chi connectivity index (χ0n) is 25.5. The lowest BCUT2D eigenvalue weighted by Gasteiger charge is -2.57. The van der Waals surface area contributed by atoms with E-state index in [9.17, 15) is 10.2 Å². The highest BCUT2D eigenvalue weighted by Gasteiger charge is 2.57. The summed E-state index contributed by atoms with van der Waals surface area (Å²) in [7, 11) is 0. The molecule has 2 aliphatic carbocycles. The fourth-order valence-electron chi connectivity index (χ4n) is 5.28. The average molecular weight is 496 g/mol. The molecule has 0 amide bonds. The lowest BCUT2D eigenvalue weighted by atomic mass is 9.66. The van der Waals surface area contributed by atoms with E-state index in [4.69, 9.17) is 0 Å². The summed E-state index contributed by atoms with van der Waals surface area (Å²) in [6.07, 6.45) is 9.01. The molecule has 2 unspecified atom stereocenters. The van der Waals surface area contributed by atoms with Crippen molar-refractivity contribution in [1.82, 2.24) is 4.90 Å². The Morgan fingerprint density at radius 1 is 0.611 bits per heavy atom. The maximum atomic E-state index is 12.8. The molecule has 0 aromatic heterocycles. The summed E-state index contributed by atoms with van der Waals surface area (Å²) in [5.74, 6) is 0. The van der Waals surface area contributed by atoms with Gasteiger partial charge in [-0.2, -0.15) is 0 Å². The highest BCUT2D eigenvalue weighted by molar-refractivity contribution is 5.56. The van der Waals surface area contributed by atoms with E-state index in [1.54, 1.807) is 0 Å². The Morgan fingerprint density at radius 2 is 0.917 bits per heavy atom. The molecule has 202 valence electrons. The Hall–Kier alpha value is -1.68. The number of allylic oxidation sites excluding steroid dienone is 4. The standard InChI is InChI=1S/C33H53NO2/c1-16-17-34(32(35)22(2)18-24(28(4,5)6)20-26(32)30(10,11)12)33(36)23(3)19-25(29(7,8)9)21-27(33)31(13,14)15/h18-21,35-36H,2-3,16-17H2,1,4-15H3. The van der Waals surface area contributed by atoms with Gasteiger partial charge in [-0.1, -0.05) is 127 Å². The third-order valence-electron chi connectivity index (χ3n) is 7.48. The quantitative estimate of drug-likeness (QED) is 0.387. The fourth-order valence-corrected chi connectivity index (χ4v) is 5.28. The molecule has 0 spiro atoms. The number of hydrogen-bond acceptors (Lipinski definition) is 3. The summed E-state index contributed by atoms with van der Waals surface area (Å²) < 4.78 is 0. The Kier molecular flexibility index (Phi) is 7.85. The van der Waals surface area contributed by atoms with E-state index >= 15 is 0 Å². The Balaban J connectivity index is 2.94. The van der Waals surface area contributed by atoms with Crippen LogP contribution in [0.3, 0.4) is 0 Å². The van der Waals surface area contributed by atoms with Crippen LogP contribution in [0, 0.1) is 21.7 Å². The van der Waals surface area contributed by atoms with Crippen LogP contribution in [-0.2, 0) is 0 Å². The molecule has 3 nitrogen and oxygen atoms in total. The van der Waals surface area contributed by atoms with Crippen molar-refractivity contribution in [1.29, 1.82) is 0 Å². The maximum Gasteiger partial charge on any atom is 0.169 e. The number of rotatable bonds is 4. The minimum Gasteiger partial charge on any atom is -0.367 e. The first-order valence-electron chi connectivity index (χ1n) is 13.4. The van der Waals surface area contributed by atoms with Crippen molar-refractivity contribution in [2.24, 2.45) is 21.7 Å². The SMILES string of the molecule is C=C1C=C(C(C)(C)C)C=C(C(C)(C)C)C1(O)N(CCC)C1(O)C(=C)C=C(C(C)(C)C)C=C1C(C)(C)C. The van der Waals surface area contributed by atoms with Crippen molar-refractivity contribution >= 4 is 0 Å². The van der Waals surface area contributed by atoms with Gasteiger partial charge in [-0.05, 0) is 61.5 Å². The normalized spacial score (nSPS) is 26.6. The molecule has 2 atom stereocenters. The monoisotopic (exact) mass is 495 g/mol.